The van der Waals surface area contributed by atoms with Crippen LogP contribution in [0.25, 0.3) is 21.3 Å². The van der Waals surface area contributed by atoms with Crippen LogP contribution in [0, 0.1) is 5.82 Å². The van der Waals surface area contributed by atoms with Gasteiger partial charge in [-0.05, 0) is 42.3 Å². The smallest absolute Gasteiger partial charge is 0.260 e. The van der Waals surface area contributed by atoms with Gasteiger partial charge in [0.15, 0.2) is 0 Å². The molecule has 0 amide bonds. The molecule has 0 unspecified atom stereocenters. The predicted octanol–water partition coefficient (Wildman–Crippen LogP) is 5.29. The topological polar surface area (TPSA) is 57.8 Å². The van der Waals surface area contributed by atoms with Crippen LogP contribution in [0.5, 0.6) is 0 Å². The Morgan fingerprint density at radius 1 is 1.18 bits per heavy atom. The van der Waals surface area contributed by atoms with Gasteiger partial charge in [-0.3, -0.25) is 4.79 Å². The minimum Gasteiger partial charge on any atom is -0.309 e. The zero-order chi connectivity index (χ0) is 19.7. The van der Waals surface area contributed by atoms with E-state index in [-0.39, 0.29) is 17.4 Å². The van der Waals surface area contributed by atoms with E-state index in [2.05, 4.69) is 15.3 Å². The summed E-state index contributed by atoms with van der Waals surface area (Å²) in [6.07, 6.45) is 0. The lowest BCUT2D eigenvalue weighted by Gasteiger charge is -2.14. The number of thiophene rings is 1. The van der Waals surface area contributed by atoms with E-state index in [9.17, 15) is 9.18 Å². The Morgan fingerprint density at radius 3 is 2.61 bits per heavy atom. The second-order valence-corrected chi connectivity index (χ2v) is 7.80. The maximum Gasteiger partial charge on any atom is 0.260 e. The van der Waals surface area contributed by atoms with E-state index in [1.807, 2.05) is 36.6 Å². The molecule has 2 aromatic carbocycles. The molecule has 0 fully saturated rings. The molecule has 0 spiro atoms. The Bertz CT molecular complexity index is 1170. The highest BCUT2D eigenvalue weighted by Crippen LogP contribution is 2.30. The van der Waals surface area contributed by atoms with E-state index < -0.39 is 0 Å². The van der Waals surface area contributed by atoms with Crippen LogP contribution in [0.3, 0.4) is 0 Å². The summed E-state index contributed by atoms with van der Waals surface area (Å²) in [4.78, 5) is 20.8. The highest BCUT2D eigenvalue weighted by molar-refractivity contribution is 7.17. The summed E-state index contributed by atoms with van der Waals surface area (Å²) >= 11 is 7.33. The van der Waals surface area contributed by atoms with Gasteiger partial charge >= 0.3 is 0 Å². The summed E-state index contributed by atoms with van der Waals surface area (Å²) in [5.41, 5.74) is 2.47. The molecule has 0 saturated carbocycles. The average Bonchev–Trinajstić information content (AvgIpc) is 3.12. The Labute approximate surface area is 170 Å². The van der Waals surface area contributed by atoms with Crippen molar-refractivity contribution in [2.24, 2.45) is 0 Å². The van der Waals surface area contributed by atoms with Gasteiger partial charge in [-0.15, -0.1) is 11.3 Å². The third-order valence-electron chi connectivity index (χ3n) is 4.59. The molecule has 4 aromatic rings. The van der Waals surface area contributed by atoms with Crippen LogP contribution in [0.1, 0.15) is 24.4 Å². The Kier molecular flexibility index (Phi) is 5.26. The van der Waals surface area contributed by atoms with Gasteiger partial charge in [-0.2, -0.15) is 0 Å². The van der Waals surface area contributed by atoms with Crippen LogP contribution in [-0.4, -0.2) is 9.97 Å². The summed E-state index contributed by atoms with van der Waals surface area (Å²) in [6.45, 7) is 2.47. The lowest BCUT2D eigenvalue weighted by Crippen LogP contribution is -2.22. The van der Waals surface area contributed by atoms with Crippen molar-refractivity contribution >= 4 is 33.2 Å². The molecule has 0 saturated heterocycles. The molecule has 0 aliphatic heterocycles. The molecule has 0 aliphatic carbocycles. The van der Waals surface area contributed by atoms with E-state index >= 15 is 0 Å². The first-order chi connectivity index (χ1) is 13.5. The summed E-state index contributed by atoms with van der Waals surface area (Å²) in [5, 5.41) is 6.47. The van der Waals surface area contributed by atoms with Crippen molar-refractivity contribution in [3.8, 4) is 11.1 Å². The van der Waals surface area contributed by atoms with Gasteiger partial charge in [0.1, 0.15) is 16.5 Å². The van der Waals surface area contributed by atoms with Crippen molar-refractivity contribution in [2.45, 2.75) is 19.5 Å². The average molecular weight is 414 g/mol. The minimum absolute atomic E-state index is 0.0800. The van der Waals surface area contributed by atoms with Gasteiger partial charge in [0, 0.05) is 22.0 Å². The van der Waals surface area contributed by atoms with Gasteiger partial charge in [-0.25, -0.2) is 9.37 Å². The van der Waals surface area contributed by atoms with E-state index in [1.54, 1.807) is 12.1 Å². The molecule has 2 heterocycles. The van der Waals surface area contributed by atoms with E-state index in [0.29, 0.717) is 27.6 Å². The number of aromatic nitrogens is 2. The molecular weight excluding hydrogens is 397 g/mol. The summed E-state index contributed by atoms with van der Waals surface area (Å²) in [5.74, 6) is 0.268. The van der Waals surface area contributed by atoms with Crippen LogP contribution in [0.4, 0.5) is 4.39 Å². The standard InChI is InChI=1S/C21H17ClFN3OS/c1-12(13-2-6-15(22)7-3-13)24-10-18-25-20(27)19-17(11-28-21(19)26-18)14-4-8-16(23)9-5-14/h2-9,11-12,24H,10H2,1H3,(H,25,26,27)/t12-/m1/s1. The van der Waals surface area contributed by atoms with Crippen molar-refractivity contribution in [2.75, 3.05) is 0 Å². The molecule has 4 rings (SSSR count). The summed E-state index contributed by atoms with van der Waals surface area (Å²) in [7, 11) is 0. The fourth-order valence-electron chi connectivity index (χ4n) is 3.04. The van der Waals surface area contributed by atoms with Crippen molar-refractivity contribution in [1.29, 1.82) is 0 Å². The fraction of sp³-hybridized carbons (Fsp3) is 0.143. The number of hydrogen-bond acceptors (Lipinski definition) is 4. The minimum atomic E-state index is -0.307. The Balaban J connectivity index is 1.57. The van der Waals surface area contributed by atoms with Crippen molar-refractivity contribution in [3.05, 3.63) is 86.5 Å². The molecular formula is C21H17ClFN3OS. The molecule has 142 valence electrons. The quantitative estimate of drug-likeness (QED) is 0.467. The molecule has 4 nitrogen and oxygen atoms in total. The van der Waals surface area contributed by atoms with Crippen molar-refractivity contribution in [1.82, 2.24) is 15.3 Å². The fourth-order valence-corrected chi connectivity index (χ4v) is 4.13. The number of hydrogen-bond donors (Lipinski definition) is 2. The number of nitrogens with one attached hydrogen (secondary N) is 2. The number of aromatic amines is 1. The van der Waals surface area contributed by atoms with Crippen LogP contribution < -0.4 is 10.9 Å². The molecule has 2 N–H and O–H groups in total. The first-order valence-corrected chi connectivity index (χ1v) is 10.0. The molecule has 7 heteroatoms. The van der Waals surface area contributed by atoms with Crippen molar-refractivity contribution in [3.63, 3.8) is 0 Å². The lowest BCUT2D eigenvalue weighted by molar-refractivity contribution is 0.559. The zero-order valence-electron chi connectivity index (χ0n) is 15.0. The van der Waals surface area contributed by atoms with Gasteiger partial charge < -0.3 is 10.3 Å². The predicted molar refractivity (Wildman–Crippen MR) is 112 cm³/mol. The van der Waals surface area contributed by atoms with E-state index in [1.165, 1.54) is 23.5 Å². The molecule has 28 heavy (non-hydrogen) atoms. The SMILES string of the molecule is C[C@@H](NCc1nc2scc(-c3ccc(F)cc3)c2c(=O)[nH]1)c1ccc(Cl)cc1. The normalized spacial score (nSPS) is 12.4. The largest absolute Gasteiger partial charge is 0.309 e. The highest BCUT2D eigenvalue weighted by Gasteiger charge is 2.14. The van der Waals surface area contributed by atoms with E-state index in [4.69, 9.17) is 11.6 Å². The molecule has 0 aliphatic rings. The van der Waals surface area contributed by atoms with Crippen LogP contribution in [0.15, 0.2) is 58.7 Å². The summed E-state index contributed by atoms with van der Waals surface area (Å²) < 4.78 is 13.2. The third-order valence-corrected chi connectivity index (χ3v) is 5.72. The zero-order valence-corrected chi connectivity index (χ0v) is 16.6. The summed E-state index contributed by atoms with van der Waals surface area (Å²) in [6, 6.07) is 13.8. The second-order valence-electron chi connectivity index (χ2n) is 6.50. The lowest BCUT2D eigenvalue weighted by atomic mass is 10.1. The highest BCUT2D eigenvalue weighted by atomic mass is 35.5. The first-order valence-electron chi connectivity index (χ1n) is 8.76. The monoisotopic (exact) mass is 413 g/mol. The number of rotatable bonds is 5. The second kappa shape index (κ2) is 7.83. The maximum atomic E-state index is 13.2. The first kappa shape index (κ1) is 18.8. The van der Waals surface area contributed by atoms with Gasteiger partial charge in [0.2, 0.25) is 0 Å². The Morgan fingerprint density at radius 2 is 1.89 bits per heavy atom. The molecule has 0 radical (unpaired) electrons. The number of benzene rings is 2. The number of halogens is 2. The van der Waals surface area contributed by atoms with Gasteiger partial charge in [0.25, 0.3) is 5.56 Å². The Hall–Kier alpha value is -2.54. The van der Waals surface area contributed by atoms with Crippen molar-refractivity contribution < 1.29 is 4.39 Å². The van der Waals surface area contributed by atoms with Crippen LogP contribution in [0.2, 0.25) is 5.02 Å². The number of H-pyrrole nitrogens is 1. The molecule has 1 atom stereocenters. The van der Waals surface area contributed by atoms with Gasteiger partial charge in [-0.1, -0.05) is 35.9 Å². The molecule has 0 bridgehead atoms. The van der Waals surface area contributed by atoms with Crippen LogP contribution >= 0.6 is 22.9 Å². The maximum absolute atomic E-state index is 13.2. The number of fused-ring (bicyclic) bond motifs is 1. The van der Waals surface area contributed by atoms with Crippen LogP contribution in [-0.2, 0) is 6.54 Å². The third kappa shape index (κ3) is 3.85. The van der Waals surface area contributed by atoms with E-state index in [0.717, 1.165) is 16.7 Å². The number of nitrogens with zero attached hydrogens (tertiary/aromatic N) is 1. The molecule has 2 aromatic heterocycles. The van der Waals surface area contributed by atoms with Gasteiger partial charge in [0.05, 0.1) is 11.9 Å².